The molecule has 3 N–H and O–H groups in total. The molecule has 114 valence electrons. The molecule has 1 aromatic heterocycles. The maximum absolute atomic E-state index is 6.15. The van der Waals surface area contributed by atoms with Gasteiger partial charge in [-0.15, -0.1) is 0 Å². The predicted octanol–water partition coefficient (Wildman–Crippen LogP) is 4.05. The van der Waals surface area contributed by atoms with Crippen molar-refractivity contribution in [1.82, 2.24) is 4.98 Å². The van der Waals surface area contributed by atoms with Gasteiger partial charge in [0.15, 0.2) is 0 Å². The molecule has 1 unspecified atom stereocenters. The molecule has 1 aliphatic carbocycles. The molecule has 0 saturated heterocycles. The minimum atomic E-state index is 0.457. The van der Waals surface area contributed by atoms with Crippen molar-refractivity contribution in [2.75, 3.05) is 13.7 Å². The molecular weight excluding hydrogens is 260 g/mol. The van der Waals surface area contributed by atoms with Gasteiger partial charge in [0.05, 0.1) is 7.11 Å². The summed E-state index contributed by atoms with van der Waals surface area (Å²) in [6.07, 6.45) is 7.44. The fraction of sp³-hybridized carbons (Fsp3) is 0.556. The number of nitrogens with two attached hydrogens (primary N) is 1. The molecule has 3 nitrogen and oxygen atoms in total. The molecule has 1 aliphatic rings. The number of benzene rings is 1. The van der Waals surface area contributed by atoms with E-state index in [2.05, 4.69) is 30.2 Å². The highest BCUT2D eigenvalue weighted by Gasteiger charge is 2.28. The minimum absolute atomic E-state index is 0.457. The van der Waals surface area contributed by atoms with Gasteiger partial charge in [-0.2, -0.15) is 0 Å². The number of methoxy groups -OCH3 is 1. The third-order valence-electron chi connectivity index (χ3n) is 5.20. The van der Waals surface area contributed by atoms with Crippen LogP contribution in [0.15, 0.2) is 24.4 Å². The molecule has 0 bridgehead atoms. The van der Waals surface area contributed by atoms with Gasteiger partial charge in [0.1, 0.15) is 5.75 Å². The fourth-order valence-corrected chi connectivity index (χ4v) is 3.82. The van der Waals surface area contributed by atoms with Gasteiger partial charge in [0.25, 0.3) is 0 Å². The summed E-state index contributed by atoms with van der Waals surface area (Å²) in [7, 11) is 1.72. The van der Waals surface area contributed by atoms with Crippen molar-refractivity contribution in [3.63, 3.8) is 0 Å². The number of nitrogens with one attached hydrogen (secondary N) is 1. The van der Waals surface area contributed by atoms with Crippen LogP contribution in [0.4, 0.5) is 0 Å². The normalized spacial score (nSPS) is 24.1. The average Bonchev–Trinajstić information content (AvgIpc) is 2.93. The number of hydrogen-bond acceptors (Lipinski definition) is 2. The molecule has 3 heteroatoms. The Kier molecular flexibility index (Phi) is 4.20. The Morgan fingerprint density at radius 3 is 2.71 bits per heavy atom. The lowest BCUT2D eigenvalue weighted by molar-refractivity contribution is 0.256. The van der Waals surface area contributed by atoms with Gasteiger partial charge in [-0.1, -0.05) is 19.8 Å². The average molecular weight is 286 g/mol. The minimum Gasteiger partial charge on any atom is -0.497 e. The van der Waals surface area contributed by atoms with Crippen LogP contribution in [0.2, 0.25) is 0 Å². The van der Waals surface area contributed by atoms with E-state index in [4.69, 9.17) is 10.5 Å². The maximum Gasteiger partial charge on any atom is 0.119 e. The lowest BCUT2D eigenvalue weighted by Gasteiger charge is -2.32. The Hall–Kier alpha value is -1.48. The first-order valence-electron chi connectivity index (χ1n) is 8.08. The predicted molar refractivity (Wildman–Crippen MR) is 87.8 cm³/mol. The van der Waals surface area contributed by atoms with Crippen LogP contribution in [0.3, 0.4) is 0 Å². The molecule has 0 amide bonds. The molecule has 1 heterocycles. The molecule has 1 saturated carbocycles. The van der Waals surface area contributed by atoms with Crippen LogP contribution in [0.25, 0.3) is 10.9 Å². The zero-order chi connectivity index (χ0) is 14.8. The second-order valence-electron chi connectivity index (χ2n) is 6.52. The van der Waals surface area contributed by atoms with Gasteiger partial charge in [0, 0.05) is 23.0 Å². The van der Waals surface area contributed by atoms with Crippen LogP contribution < -0.4 is 10.5 Å². The Morgan fingerprint density at radius 1 is 1.29 bits per heavy atom. The van der Waals surface area contributed by atoms with Gasteiger partial charge >= 0.3 is 0 Å². The van der Waals surface area contributed by atoms with E-state index in [-0.39, 0.29) is 0 Å². The number of rotatable bonds is 4. The van der Waals surface area contributed by atoms with Crippen molar-refractivity contribution >= 4 is 10.9 Å². The van der Waals surface area contributed by atoms with Crippen LogP contribution in [-0.4, -0.2) is 18.6 Å². The van der Waals surface area contributed by atoms with E-state index in [1.807, 2.05) is 6.07 Å². The number of hydrogen-bond donors (Lipinski definition) is 2. The van der Waals surface area contributed by atoms with E-state index in [1.165, 1.54) is 42.1 Å². The summed E-state index contributed by atoms with van der Waals surface area (Å²) in [4.78, 5) is 3.39. The molecule has 0 aliphatic heterocycles. The van der Waals surface area contributed by atoms with Gasteiger partial charge < -0.3 is 15.5 Å². The summed E-state index contributed by atoms with van der Waals surface area (Å²) in [6.45, 7) is 3.09. The fourth-order valence-electron chi connectivity index (χ4n) is 3.82. The molecule has 0 spiro atoms. The summed E-state index contributed by atoms with van der Waals surface area (Å²) < 4.78 is 5.37. The highest BCUT2D eigenvalue weighted by Crippen LogP contribution is 2.40. The zero-order valence-electron chi connectivity index (χ0n) is 13.1. The zero-order valence-corrected chi connectivity index (χ0v) is 13.1. The summed E-state index contributed by atoms with van der Waals surface area (Å²) in [5.74, 6) is 2.97. The van der Waals surface area contributed by atoms with Crippen molar-refractivity contribution in [3.05, 3.63) is 30.0 Å². The van der Waals surface area contributed by atoms with Crippen molar-refractivity contribution in [2.45, 2.75) is 38.5 Å². The number of fused-ring (bicyclic) bond motifs is 1. The molecule has 3 rings (SSSR count). The monoisotopic (exact) mass is 286 g/mol. The summed E-state index contributed by atoms with van der Waals surface area (Å²) in [6, 6.07) is 6.23. The van der Waals surface area contributed by atoms with E-state index in [1.54, 1.807) is 7.11 Å². The van der Waals surface area contributed by atoms with Crippen molar-refractivity contribution < 1.29 is 4.74 Å². The van der Waals surface area contributed by atoms with E-state index in [9.17, 15) is 0 Å². The first-order valence-corrected chi connectivity index (χ1v) is 8.08. The summed E-state index contributed by atoms with van der Waals surface area (Å²) >= 11 is 0. The number of ether oxygens (including phenoxy) is 1. The second-order valence-corrected chi connectivity index (χ2v) is 6.52. The van der Waals surface area contributed by atoms with Crippen LogP contribution in [0, 0.1) is 11.8 Å². The first kappa shape index (κ1) is 14.5. The molecule has 1 aromatic carbocycles. The third kappa shape index (κ3) is 2.80. The van der Waals surface area contributed by atoms with E-state index in [0.29, 0.717) is 5.92 Å². The topological polar surface area (TPSA) is 51.0 Å². The van der Waals surface area contributed by atoms with Gasteiger partial charge in [-0.05, 0) is 55.0 Å². The lowest BCUT2D eigenvalue weighted by Crippen LogP contribution is -2.25. The Bertz CT molecular complexity index is 596. The summed E-state index contributed by atoms with van der Waals surface area (Å²) in [5.41, 5.74) is 8.69. The molecule has 1 atom stereocenters. The Morgan fingerprint density at radius 2 is 2.05 bits per heavy atom. The maximum atomic E-state index is 6.15. The van der Waals surface area contributed by atoms with Gasteiger partial charge in [0.2, 0.25) is 0 Å². The van der Waals surface area contributed by atoms with E-state index in [0.717, 1.165) is 24.1 Å². The van der Waals surface area contributed by atoms with Crippen LogP contribution in [0.1, 0.15) is 44.1 Å². The van der Waals surface area contributed by atoms with Crippen LogP contribution in [0.5, 0.6) is 5.75 Å². The lowest BCUT2D eigenvalue weighted by atomic mass is 9.74. The van der Waals surface area contributed by atoms with Gasteiger partial charge in [-0.3, -0.25) is 0 Å². The van der Waals surface area contributed by atoms with E-state index >= 15 is 0 Å². The molecular formula is C18H26N2O. The first-order chi connectivity index (χ1) is 10.2. The molecule has 2 aromatic rings. The highest BCUT2D eigenvalue weighted by molar-refractivity contribution is 5.85. The molecule has 21 heavy (non-hydrogen) atoms. The smallest absolute Gasteiger partial charge is 0.119 e. The third-order valence-corrected chi connectivity index (χ3v) is 5.20. The van der Waals surface area contributed by atoms with Crippen molar-refractivity contribution in [3.8, 4) is 5.75 Å². The SMILES string of the molecule is COc1ccc2[nH]cc(C(CN)C3CCC(C)CC3)c2c1. The van der Waals surface area contributed by atoms with Crippen LogP contribution >= 0.6 is 0 Å². The quantitative estimate of drug-likeness (QED) is 0.891. The summed E-state index contributed by atoms with van der Waals surface area (Å²) in [5, 5.41) is 1.27. The molecule has 1 fully saturated rings. The Balaban J connectivity index is 1.93. The van der Waals surface area contributed by atoms with Crippen LogP contribution in [-0.2, 0) is 0 Å². The van der Waals surface area contributed by atoms with Crippen molar-refractivity contribution in [1.29, 1.82) is 0 Å². The standard InChI is InChI=1S/C18H26N2O/c1-12-3-5-13(6-4-12)16(10-19)17-11-20-18-8-7-14(21-2)9-15(17)18/h7-9,11-13,16,20H,3-6,10,19H2,1-2H3. The van der Waals surface area contributed by atoms with E-state index < -0.39 is 0 Å². The second kappa shape index (κ2) is 6.10. The Labute approximate surface area is 126 Å². The number of H-pyrrole nitrogens is 1. The molecule has 0 radical (unpaired) electrons. The van der Waals surface area contributed by atoms with Crippen molar-refractivity contribution in [2.24, 2.45) is 17.6 Å². The number of aromatic nitrogens is 1. The number of aromatic amines is 1. The largest absolute Gasteiger partial charge is 0.497 e. The van der Waals surface area contributed by atoms with Gasteiger partial charge in [-0.25, -0.2) is 0 Å². The highest BCUT2D eigenvalue weighted by atomic mass is 16.5.